The highest BCUT2D eigenvalue weighted by atomic mass is 35.5. The average molecular weight is 345 g/mol. The van der Waals surface area contributed by atoms with Gasteiger partial charge in [-0.3, -0.25) is 0 Å². The van der Waals surface area contributed by atoms with Crippen molar-refractivity contribution in [2.45, 2.75) is 11.0 Å². The number of thioether (sulfide) groups is 1. The number of hydrogen-bond acceptors (Lipinski definition) is 4. The van der Waals surface area contributed by atoms with E-state index in [1.54, 1.807) is 42.5 Å². The molecule has 0 aliphatic rings. The molecule has 0 heterocycles. The molecule has 0 aliphatic heterocycles. The van der Waals surface area contributed by atoms with E-state index in [4.69, 9.17) is 27.9 Å². The zero-order valence-corrected chi connectivity index (χ0v) is 13.3. The largest absolute Gasteiger partial charge is 0.508 e. The topological polar surface area (TPSA) is 49.7 Å². The Hall–Kier alpha value is -1.07. The summed E-state index contributed by atoms with van der Waals surface area (Å²) in [7, 11) is 0. The van der Waals surface area contributed by atoms with E-state index in [2.05, 4.69) is 0 Å². The lowest BCUT2D eigenvalue weighted by atomic mass is 10.3. The molecule has 2 rings (SSSR count). The van der Waals surface area contributed by atoms with Crippen LogP contribution in [0.1, 0.15) is 0 Å². The van der Waals surface area contributed by atoms with E-state index < -0.39 is 6.10 Å². The molecular weight excluding hydrogens is 331 g/mol. The monoisotopic (exact) mass is 344 g/mol. The zero-order chi connectivity index (χ0) is 15.2. The van der Waals surface area contributed by atoms with Gasteiger partial charge in [0.1, 0.15) is 18.1 Å². The molecule has 0 saturated heterocycles. The molecule has 0 aromatic heterocycles. The molecule has 3 nitrogen and oxygen atoms in total. The van der Waals surface area contributed by atoms with E-state index in [1.807, 2.05) is 0 Å². The fraction of sp³-hybridized carbons (Fsp3) is 0.200. The van der Waals surface area contributed by atoms with Crippen molar-refractivity contribution in [3.63, 3.8) is 0 Å². The maximum atomic E-state index is 9.91. The van der Waals surface area contributed by atoms with E-state index in [1.165, 1.54) is 11.8 Å². The lowest BCUT2D eigenvalue weighted by Crippen LogP contribution is -2.20. The summed E-state index contributed by atoms with van der Waals surface area (Å²) in [6, 6.07) is 11.8. The van der Waals surface area contributed by atoms with Crippen molar-refractivity contribution in [1.82, 2.24) is 0 Å². The molecule has 0 saturated carbocycles. The predicted molar refractivity (Wildman–Crippen MR) is 86.8 cm³/mol. The first-order valence-electron chi connectivity index (χ1n) is 6.22. The molecular formula is C15H14Cl2O3S. The van der Waals surface area contributed by atoms with E-state index in [0.29, 0.717) is 21.5 Å². The van der Waals surface area contributed by atoms with Gasteiger partial charge in [-0.25, -0.2) is 0 Å². The minimum absolute atomic E-state index is 0.145. The molecule has 0 bridgehead atoms. The van der Waals surface area contributed by atoms with E-state index in [0.717, 1.165) is 4.90 Å². The van der Waals surface area contributed by atoms with Gasteiger partial charge in [0.25, 0.3) is 0 Å². The quantitative estimate of drug-likeness (QED) is 0.770. The Morgan fingerprint density at radius 1 is 1.10 bits per heavy atom. The van der Waals surface area contributed by atoms with Gasteiger partial charge in [-0.05, 0) is 42.5 Å². The maximum Gasteiger partial charge on any atom is 0.138 e. The number of hydrogen-bond donors (Lipinski definition) is 2. The summed E-state index contributed by atoms with van der Waals surface area (Å²) in [5, 5.41) is 20.1. The van der Waals surface area contributed by atoms with Gasteiger partial charge in [0.2, 0.25) is 0 Å². The van der Waals surface area contributed by atoms with Crippen molar-refractivity contribution < 1.29 is 14.9 Å². The Morgan fingerprint density at radius 3 is 2.48 bits per heavy atom. The Morgan fingerprint density at radius 2 is 1.81 bits per heavy atom. The molecule has 0 fully saturated rings. The van der Waals surface area contributed by atoms with Crippen LogP contribution in [0.3, 0.4) is 0 Å². The first-order valence-corrected chi connectivity index (χ1v) is 7.96. The second-order valence-electron chi connectivity index (χ2n) is 4.34. The van der Waals surface area contributed by atoms with Gasteiger partial charge < -0.3 is 14.9 Å². The van der Waals surface area contributed by atoms with Crippen LogP contribution in [0.2, 0.25) is 10.0 Å². The van der Waals surface area contributed by atoms with Gasteiger partial charge in [-0.2, -0.15) is 0 Å². The number of aliphatic hydroxyl groups is 1. The molecule has 0 spiro atoms. The van der Waals surface area contributed by atoms with Crippen molar-refractivity contribution in [2.75, 3.05) is 12.4 Å². The van der Waals surface area contributed by atoms with E-state index in [-0.39, 0.29) is 12.4 Å². The number of benzene rings is 2. The lowest BCUT2D eigenvalue weighted by molar-refractivity contribution is 0.126. The van der Waals surface area contributed by atoms with Gasteiger partial charge in [0.15, 0.2) is 0 Å². The van der Waals surface area contributed by atoms with Gasteiger partial charge in [-0.15, -0.1) is 11.8 Å². The predicted octanol–water partition coefficient (Wildman–Crippen LogP) is 4.23. The van der Waals surface area contributed by atoms with Crippen LogP contribution in [-0.2, 0) is 0 Å². The van der Waals surface area contributed by atoms with Gasteiger partial charge >= 0.3 is 0 Å². The van der Waals surface area contributed by atoms with Gasteiger partial charge in [-0.1, -0.05) is 23.2 Å². The number of halogens is 2. The Bertz CT molecular complexity index is 590. The van der Waals surface area contributed by atoms with Gasteiger partial charge in [0.05, 0.1) is 11.1 Å². The molecule has 21 heavy (non-hydrogen) atoms. The second-order valence-corrected chi connectivity index (χ2v) is 6.28. The third-order valence-corrected chi connectivity index (χ3v) is 4.29. The molecule has 2 aromatic rings. The standard InChI is InChI=1S/C15H14Cl2O3S/c16-10-1-6-15(14(17)7-10)20-8-12(19)9-21-13-4-2-11(18)3-5-13/h1-7,12,18-19H,8-9H2. The first kappa shape index (κ1) is 16.3. The summed E-state index contributed by atoms with van der Waals surface area (Å²) >= 11 is 13.3. The molecule has 0 amide bonds. The van der Waals surface area contributed by atoms with Crippen molar-refractivity contribution in [2.24, 2.45) is 0 Å². The number of aliphatic hydroxyl groups excluding tert-OH is 1. The van der Waals surface area contributed by atoms with Crippen LogP contribution >= 0.6 is 35.0 Å². The van der Waals surface area contributed by atoms with Crippen molar-refractivity contribution in [3.8, 4) is 11.5 Å². The molecule has 2 N–H and O–H groups in total. The third kappa shape index (κ3) is 5.32. The highest BCUT2D eigenvalue weighted by Gasteiger charge is 2.09. The van der Waals surface area contributed by atoms with Crippen LogP contribution in [0.5, 0.6) is 11.5 Å². The summed E-state index contributed by atoms with van der Waals surface area (Å²) in [4.78, 5) is 0.969. The summed E-state index contributed by atoms with van der Waals surface area (Å²) in [5.74, 6) is 1.20. The summed E-state index contributed by atoms with van der Waals surface area (Å²) in [5.41, 5.74) is 0. The van der Waals surface area contributed by atoms with Crippen LogP contribution in [0.4, 0.5) is 0 Å². The van der Waals surface area contributed by atoms with Crippen LogP contribution in [-0.4, -0.2) is 28.7 Å². The molecule has 112 valence electrons. The minimum atomic E-state index is -0.629. The Balaban J connectivity index is 1.79. The first-order chi connectivity index (χ1) is 10.0. The zero-order valence-electron chi connectivity index (χ0n) is 11.0. The number of phenols is 1. The average Bonchev–Trinajstić information content (AvgIpc) is 2.46. The minimum Gasteiger partial charge on any atom is -0.508 e. The van der Waals surface area contributed by atoms with Gasteiger partial charge in [0, 0.05) is 15.7 Å². The SMILES string of the molecule is Oc1ccc(SCC(O)COc2ccc(Cl)cc2Cl)cc1. The molecule has 6 heteroatoms. The fourth-order valence-corrected chi connectivity index (χ4v) is 2.83. The molecule has 1 atom stereocenters. The summed E-state index contributed by atoms with van der Waals surface area (Å²) < 4.78 is 5.47. The molecule has 0 radical (unpaired) electrons. The normalized spacial score (nSPS) is 12.1. The highest BCUT2D eigenvalue weighted by molar-refractivity contribution is 7.99. The number of ether oxygens (including phenoxy) is 1. The number of aromatic hydroxyl groups is 1. The van der Waals surface area contributed by atoms with Crippen molar-refractivity contribution in [1.29, 1.82) is 0 Å². The summed E-state index contributed by atoms with van der Waals surface area (Å²) in [6.07, 6.45) is -0.629. The molecule has 2 aromatic carbocycles. The van der Waals surface area contributed by atoms with Crippen molar-refractivity contribution in [3.05, 3.63) is 52.5 Å². The molecule has 0 aliphatic carbocycles. The molecule has 1 unspecified atom stereocenters. The van der Waals surface area contributed by atoms with Crippen LogP contribution in [0, 0.1) is 0 Å². The van der Waals surface area contributed by atoms with Crippen molar-refractivity contribution >= 4 is 35.0 Å². The summed E-state index contributed by atoms with van der Waals surface area (Å²) in [6.45, 7) is 0.145. The number of phenolic OH excluding ortho intramolecular Hbond substituents is 1. The second kappa shape index (κ2) is 7.80. The fourth-order valence-electron chi connectivity index (χ4n) is 1.56. The van der Waals surface area contributed by atoms with Crippen LogP contribution in [0.25, 0.3) is 0 Å². The van der Waals surface area contributed by atoms with Crippen LogP contribution < -0.4 is 4.74 Å². The Kier molecular flexibility index (Phi) is 6.06. The lowest BCUT2D eigenvalue weighted by Gasteiger charge is -2.13. The van der Waals surface area contributed by atoms with E-state index in [9.17, 15) is 10.2 Å². The Labute approximate surface area is 137 Å². The van der Waals surface area contributed by atoms with Crippen LogP contribution in [0.15, 0.2) is 47.4 Å². The third-order valence-electron chi connectivity index (χ3n) is 2.60. The smallest absolute Gasteiger partial charge is 0.138 e. The maximum absolute atomic E-state index is 9.91. The van der Waals surface area contributed by atoms with E-state index >= 15 is 0 Å². The number of rotatable bonds is 6. The highest BCUT2D eigenvalue weighted by Crippen LogP contribution is 2.28.